The van der Waals surface area contributed by atoms with Crippen LogP contribution in [0.5, 0.6) is 5.75 Å². The molecular weight excluding hydrogens is 498 g/mol. The summed E-state index contributed by atoms with van der Waals surface area (Å²) >= 11 is 0. The molecule has 0 spiro atoms. The number of phenolic OH excluding ortho intramolecular Hbond substituents is 1. The standard InChI is InChI=1S/C25H39N5O8/c1-14(2)11-17(27)22(34)29-19(12-15-6-8-16(31)9-7-15)24(36)28-18(5-3-4-10-26)23(35)30-20(25(37)38)13-21(32)33/h6-9,14,17-20,31H,3-5,10-13,26-27H2,1-2H3,(H,28,36)(H,29,34)(H,30,35)(H,32,33)(H,37,38). The number of carbonyl (C=O) groups is 5. The zero-order chi connectivity index (χ0) is 28.8. The monoisotopic (exact) mass is 537 g/mol. The van der Waals surface area contributed by atoms with Crippen molar-refractivity contribution >= 4 is 29.7 Å². The van der Waals surface area contributed by atoms with Crippen LogP contribution in [0.2, 0.25) is 0 Å². The van der Waals surface area contributed by atoms with Crippen LogP contribution in [0, 0.1) is 5.92 Å². The Bertz CT molecular complexity index is 954. The molecule has 0 aliphatic heterocycles. The molecule has 0 aliphatic rings. The molecule has 0 saturated carbocycles. The first kappa shape index (κ1) is 32.3. The van der Waals surface area contributed by atoms with Crippen molar-refractivity contribution in [1.82, 2.24) is 16.0 Å². The van der Waals surface area contributed by atoms with Crippen LogP contribution >= 0.6 is 0 Å². The van der Waals surface area contributed by atoms with Gasteiger partial charge in [0.15, 0.2) is 0 Å². The molecule has 13 heteroatoms. The Balaban J connectivity index is 3.14. The number of carboxylic acid groups (broad SMARTS) is 2. The lowest BCUT2D eigenvalue weighted by atomic mass is 10.0. The minimum Gasteiger partial charge on any atom is -0.508 e. The second-order valence-corrected chi connectivity index (χ2v) is 9.51. The van der Waals surface area contributed by atoms with Gasteiger partial charge in [0.25, 0.3) is 0 Å². The van der Waals surface area contributed by atoms with E-state index in [9.17, 15) is 34.2 Å². The van der Waals surface area contributed by atoms with Crippen LogP contribution in [-0.4, -0.2) is 75.7 Å². The van der Waals surface area contributed by atoms with Gasteiger partial charge in [-0.2, -0.15) is 0 Å². The predicted molar refractivity (Wildman–Crippen MR) is 138 cm³/mol. The molecular formula is C25H39N5O8. The minimum absolute atomic E-state index is 0.0140. The van der Waals surface area contributed by atoms with Crippen molar-refractivity contribution in [3.05, 3.63) is 29.8 Å². The van der Waals surface area contributed by atoms with E-state index in [1.54, 1.807) is 12.1 Å². The fourth-order valence-electron chi connectivity index (χ4n) is 3.65. The van der Waals surface area contributed by atoms with Crippen molar-refractivity contribution in [2.75, 3.05) is 6.54 Å². The van der Waals surface area contributed by atoms with Gasteiger partial charge in [0, 0.05) is 6.42 Å². The second-order valence-electron chi connectivity index (χ2n) is 9.51. The Labute approximate surface area is 221 Å². The summed E-state index contributed by atoms with van der Waals surface area (Å²) in [7, 11) is 0. The van der Waals surface area contributed by atoms with Crippen LogP contribution in [0.25, 0.3) is 0 Å². The number of nitrogens with two attached hydrogens (primary N) is 2. The molecule has 4 unspecified atom stereocenters. The third kappa shape index (κ3) is 12.0. The quantitative estimate of drug-likeness (QED) is 0.118. The smallest absolute Gasteiger partial charge is 0.326 e. The first-order valence-electron chi connectivity index (χ1n) is 12.4. The van der Waals surface area contributed by atoms with E-state index >= 15 is 0 Å². The van der Waals surface area contributed by atoms with Gasteiger partial charge in [-0.3, -0.25) is 19.2 Å². The molecule has 38 heavy (non-hydrogen) atoms. The van der Waals surface area contributed by atoms with E-state index in [1.807, 2.05) is 13.8 Å². The maximum absolute atomic E-state index is 13.3. The summed E-state index contributed by atoms with van der Waals surface area (Å²) in [4.78, 5) is 61.3. The largest absolute Gasteiger partial charge is 0.508 e. The van der Waals surface area contributed by atoms with Gasteiger partial charge in [-0.25, -0.2) is 4.79 Å². The molecule has 0 radical (unpaired) electrons. The number of unbranched alkanes of at least 4 members (excludes halogenated alkanes) is 1. The Kier molecular flexibility index (Phi) is 13.8. The maximum atomic E-state index is 13.3. The minimum atomic E-state index is -1.70. The summed E-state index contributed by atoms with van der Waals surface area (Å²) < 4.78 is 0. The fourth-order valence-corrected chi connectivity index (χ4v) is 3.65. The molecule has 1 aromatic carbocycles. The summed E-state index contributed by atoms with van der Waals surface area (Å²) in [6, 6.07) is 1.06. The highest BCUT2D eigenvalue weighted by Crippen LogP contribution is 2.13. The van der Waals surface area contributed by atoms with Crippen LogP contribution in [0.15, 0.2) is 24.3 Å². The number of aromatic hydroxyl groups is 1. The maximum Gasteiger partial charge on any atom is 0.326 e. The fraction of sp³-hybridized carbons (Fsp3) is 0.560. The highest BCUT2D eigenvalue weighted by atomic mass is 16.4. The molecule has 3 amide bonds. The number of aliphatic carboxylic acids is 2. The van der Waals surface area contributed by atoms with Crippen molar-refractivity contribution in [2.45, 2.75) is 76.5 Å². The van der Waals surface area contributed by atoms with Gasteiger partial charge in [0.2, 0.25) is 17.7 Å². The van der Waals surface area contributed by atoms with Crippen molar-refractivity contribution < 1.29 is 39.3 Å². The number of phenols is 1. The van der Waals surface area contributed by atoms with Crippen LogP contribution < -0.4 is 27.4 Å². The number of carboxylic acids is 2. The van der Waals surface area contributed by atoms with Crippen LogP contribution in [-0.2, 0) is 30.4 Å². The van der Waals surface area contributed by atoms with Crippen LogP contribution in [0.4, 0.5) is 0 Å². The summed E-state index contributed by atoms with van der Waals surface area (Å²) in [6.45, 7) is 4.12. The number of benzene rings is 1. The van der Waals surface area contributed by atoms with E-state index in [0.29, 0.717) is 31.4 Å². The Hall–Kier alpha value is -3.71. The molecule has 0 heterocycles. The van der Waals surface area contributed by atoms with Gasteiger partial charge in [-0.05, 0) is 55.8 Å². The number of hydrogen-bond acceptors (Lipinski definition) is 8. The average Bonchev–Trinajstić information content (AvgIpc) is 2.82. The Morgan fingerprint density at radius 3 is 1.92 bits per heavy atom. The number of nitrogens with one attached hydrogen (secondary N) is 3. The van der Waals surface area contributed by atoms with Gasteiger partial charge < -0.3 is 42.7 Å². The van der Waals surface area contributed by atoms with E-state index in [0.717, 1.165) is 0 Å². The molecule has 0 aliphatic carbocycles. The van der Waals surface area contributed by atoms with Gasteiger partial charge in [-0.1, -0.05) is 26.0 Å². The number of amides is 3. The van der Waals surface area contributed by atoms with Gasteiger partial charge >= 0.3 is 11.9 Å². The number of carbonyl (C=O) groups excluding carboxylic acids is 3. The lowest BCUT2D eigenvalue weighted by Gasteiger charge is -2.25. The second kappa shape index (κ2) is 16.2. The highest BCUT2D eigenvalue weighted by Gasteiger charge is 2.31. The normalized spacial score (nSPS) is 14.1. The van der Waals surface area contributed by atoms with Crippen molar-refractivity contribution in [3.63, 3.8) is 0 Å². The van der Waals surface area contributed by atoms with Crippen molar-refractivity contribution in [3.8, 4) is 5.75 Å². The van der Waals surface area contributed by atoms with Gasteiger partial charge in [-0.15, -0.1) is 0 Å². The molecule has 212 valence electrons. The Morgan fingerprint density at radius 2 is 1.39 bits per heavy atom. The lowest BCUT2D eigenvalue weighted by molar-refractivity contribution is -0.147. The molecule has 10 N–H and O–H groups in total. The summed E-state index contributed by atoms with van der Waals surface area (Å²) in [6.07, 6.45) is 0.581. The first-order chi connectivity index (χ1) is 17.8. The zero-order valence-electron chi connectivity index (χ0n) is 21.7. The highest BCUT2D eigenvalue weighted by molar-refractivity contribution is 5.94. The number of hydrogen-bond donors (Lipinski definition) is 8. The molecule has 0 aromatic heterocycles. The third-order valence-corrected chi connectivity index (χ3v) is 5.64. The zero-order valence-corrected chi connectivity index (χ0v) is 21.7. The molecule has 4 atom stereocenters. The van der Waals surface area contributed by atoms with Gasteiger partial charge in [0.1, 0.15) is 23.9 Å². The van der Waals surface area contributed by atoms with Crippen LogP contribution in [0.1, 0.15) is 51.5 Å². The van der Waals surface area contributed by atoms with Crippen molar-refractivity contribution in [2.24, 2.45) is 17.4 Å². The summed E-state index contributed by atoms with van der Waals surface area (Å²) in [5.74, 6) is -4.97. The Morgan fingerprint density at radius 1 is 0.842 bits per heavy atom. The van der Waals surface area contributed by atoms with Crippen molar-refractivity contribution in [1.29, 1.82) is 0 Å². The molecule has 1 rings (SSSR count). The average molecular weight is 538 g/mol. The molecule has 1 aromatic rings. The topological polar surface area (TPSA) is 234 Å². The molecule has 0 bridgehead atoms. The van der Waals surface area contributed by atoms with E-state index in [-0.39, 0.29) is 24.5 Å². The molecule has 0 saturated heterocycles. The lowest BCUT2D eigenvalue weighted by Crippen LogP contribution is -2.57. The van der Waals surface area contributed by atoms with E-state index in [2.05, 4.69) is 16.0 Å². The SMILES string of the molecule is CC(C)CC(N)C(=O)NC(Cc1ccc(O)cc1)C(=O)NC(CCCCN)C(=O)NC(CC(=O)O)C(=O)O. The number of rotatable bonds is 17. The summed E-state index contributed by atoms with van der Waals surface area (Å²) in [5.41, 5.74) is 12.1. The summed E-state index contributed by atoms with van der Waals surface area (Å²) in [5, 5.41) is 35.1. The van der Waals surface area contributed by atoms with E-state index in [1.165, 1.54) is 12.1 Å². The predicted octanol–water partition coefficient (Wildman–Crippen LogP) is -0.549. The van der Waals surface area contributed by atoms with E-state index < -0.39 is 60.2 Å². The van der Waals surface area contributed by atoms with Crippen LogP contribution in [0.3, 0.4) is 0 Å². The van der Waals surface area contributed by atoms with Gasteiger partial charge in [0.05, 0.1) is 12.5 Å². The third-order valence-electron chi connectivity index (χ3n) is 5.64. The first-order valence-corrected chi connectivity index (χ1v) is 12.4. The molecule has 13 nitrogen and oxygen atoms in total. The molecule has 0 fully saturated rings. The van der Waals surface area contributed by atoms with E-state index in [4.69, 9.17) is 16.6 Å².